The third kappa shape index (κ3) is 4.95. The van der Waals surface area contributed by atoms with Crippen LogP contribution in [0.15, 0.2) is 36.5 Å². The maximum absolute atomic E-state index is 14.7. The predicted molar refractivity (Wildman–Crippen MR) is 108 cm³/mol. The van der Waals surface area contributed by atoms with Crippen molar-refractivity contribution < 1.29 is 23.1 Å². The molecule has 1 aromatic carbocycles. The molecule has 1 aliphatic rings. The maximum atomic E-state index is 14.7. The number of aryl methyl sites for hydroxylation is 1. The van der Waals surface area contributed by atoms with Gasteiger partial charge >= 0.3 is 6.09 Å². The lowest BCUT2D eigenvalue weighted by Gasteiger charge is -2.38. The summed E-state index contributed by atoms with van der Waals surface area (Å²) in [6.07, 6.45) is 0.626. The molecule has 0 radical (unpaired) electrons. The highest BCUT2D eigenvalue weighted by Crippen LogP contribution is 2.34. The molecule has 9 heteroatoms. The van der Waals surface area contributed by atoms with Crippen LogP contribution in [-0.2, 0) is 9.53 Å². The van der Waals surface area contributed by atoms with Gasteiger partial charge in [0.25, 0.3) is 5.92 Å². The molecule has 0 bridgehead atoms. The van der Waals surface area contributed by atoms with Crippen molar-refractivity contribution in [3.8, 4) is 5.69 Å². The van der Waals surface area contributed by atoms with E-state index < -0.39 is 36.0 Å². The molecule has 1 fully saturated rings. The van der Waals surface area contributed by atoms with Gasteiger partial charge in [-0.15, -0.1) is 0 Å². The van der Waals surface area contributed by atoms with Crippen molar-refractivity contribution >= 4 is 17.7 Å². The van der Waals surface area contributed by atoms with Crippen molar-refractivity contribution in [2.75, 3.05) is 18.4 Å². The van der Waals surface area contributed by atoms with Crippen LogP contribution in [0.3, 0.4) is 0 Å². The number of piperidine rings is 1. The van der Waals surface area contributed by atoms with E-state index >= 15 is 0 Å². The number of hydrogen-bond acceptors (Lipinski definition) is 4. The Labute approximate surface area is 174 Å². The summed E-state index contributed by atoms with van der Waals surface area (Å²) in [6.45, 7) is 5.86. The van der Waals surface area contributed by atoms with Gasteiger partial charge in [0.2, 0.25) is 5.91 Å². The zero-order valence-electron chi connectivity index (χ0n) is 17.5. The third-order valence-electron chi connectivity index (χ3n) is 4.74. The Morgan fingerprint density at radius 1 is 1.23 bits per heavy atom. The molecule has 3 rings (SSSR count). The molecule has 0 aliphatic carbocycles. The molecule has 1 N–H and O–H groups in total. The van der Waals surface area contributed by atoms with Crippen molar-refractivity contribution in [1.82, 2.24) is 14.7 Å². The molecule has 0 spiro atoms. The summed E-state index contributed by atoms with van der Waals surface area (Å²) in [6, 6.07) is 9.26. The van der Waals surface area contributed by atoms with Crippen LogP contribution in [0, 0.1) is 12.8 Å². The van der Waals surface area contributed by atoms with Gasteiger partial charge in [0.05, 0.1) is 29.8 Å². The Kier molecular flexibility index (Phi) is 5.83. The first-order chi connectivity index (χ1) is 14.0. The molecule has 30 heavy (non-hydrogen) atoms. The van der Waals surface area contributed by atoms with E-state index in [4.69, 9.17) is 4.74 Å². The van der Waals surface area contributed by atoms with Gasteiger partial charge in [0, 0.05) is 6.54 Å². The number of nitrogens with one attached hydrogen (secondary N) is 1. The van der Waals surface area contributed by atoms with E-state index in [-0.39, 0.29) is 13.0 Å². The van der Waals surface area contributed by atoms with Crippen LogP contribution in [-0.4, -0.2) is 51.3 Å². The number of halogens is 2. The van der Waals surface area contributed by atoms with Gasteiger partial charge in [-0.3, -0.25) is 4.79 Å². The lowest BCUT2D eigenvalue weighted by atomic mass is 9.92. The topological polar surface area (TPSA) is 76.5 Å². The number of carbonyl (C=O) groups excluding carboxylic acids is 2. The summed E-state index contributed by atoms with van der Waals surface area (Å²) in [7, 11) is 0. The van der Waals surface area contributed by atoms with Crippen LogP contribution in [0.2, 0.25) is 0 Å². The second kappa shape index (κ2) is 8.04. The van der Waals surface area contributed by atoms with Gasteiger partial charge in [-0.25, -0.2) is 18.3 Å². The van der Waals surface area contributed by atoms with Gasteiger partial charge in [-0.1, -0.05) is 18.2 Å². The second-order valence-corrected chi connectivity index (χ2v) is 8.40. The minimum Gasteiger partial charge on any atom is -0.444 e. The number of para-hydroxylation sites is 1. The smallest absolute Gasteiger partial charge is 0.410 e. The summed E-state index contributed by atoms with van der Waals surface area (Å²) in [4.78, 5) is 25.7. The molecule has 0 saturated carbocycles. The fourth-order valence-corrected chi connectivity index (χ4v) is 3.26. The van der Waals surface area contributed by atoms with Gasteiger partial charge in [0.1, 0.15) is 11.5 Å². The molecule has 2 heterocycles. The molecule has 1 saturated heterocycles. The molecule has 1 unspecified atom stereocenters. The number of anilines is 1. The second-order valence-electron chi connectivity index (χ2n) is 8.40. The third-order valence-corrected chi connectivity index (χ3v) is 4.74. The summed E-state index contributed by atoms with van der Waals surface area (Å²) in [5.74, 6) is -5.71. The highest BCUT2D eigenvalue weighted by Gasteiger charge is 2.50. The lowest BCUT2D eigenvalue weighted by molar-refractivity contribution is -0.145. The number of ether oxygens (including phenoxy) is 1. The number of hydrogen-bond donors (Lipinski definition) is 1. The van der Waals surface area contributed by atoms with Crippen molar-refractivity contribution in [2.45, 2.75) is 45.6 Å². The number of carbonyl (C=O) groups is 2. The van der Waals surface area contributed by atoms with Crippen molar-refractivity contribution in [3.63, 3.8) is 0 Å². The fourth-order valence-electron chi connectivity index (χ4n) is 3.26. The van der Waals surface area contributed by atoms with Gasteiger partial charge < -0.3 is 15.0 Å². The van der Waals surface area contributed by atoms with Gasteiger partial charge in [-0.05, 0) is 46.2 Å². The Morgan fingerprint density at radius 3 is 2.50 bits per heavy atom. The van der Waals surface area contributed by atoms with Gasteiger partial charge in [-0.2, -0.15) is 5.10 Å². The first-order valence-electron chi connectivity index (χ1n) is 9.74. The average molecular weight is 420 g/mol. The predicted octanol–water partition coefficient (Wildman–Crippen LogP) is 4.01. The number of benzene rings is 1. The summed E-state index contributed by atoms with van der Waals surface area (Å²) >= 11 is 0. The molecular weight excluding hydrogens is 394 g/mol. The molecule has 1 aliphatic heterocycles. The van der Waals surface area contributed by atoms with Crippen LogP contribution in [0.4, 0.5) is 19.3 Å². The standard InChI is InChI=1S/C21H26F2N4O3/c1-14-17(12-27(25-14)15-8-6-5-7-9-15)24-18(28)16-10-11-26(13-21(16,22)23)19(29)30-20(2,3)4/h5-9,12,16H,10-11,13H2,1-4H3,(H,24,28). The van der Waals surface area contributed by atoms with Crippen molar-refractivity contribution in [3.05, 3.63) is 42.2 Å². The summed E-state index contributed by atoms with van der Waals surface area (Å²) in [5, 5.41) is 6.90. The van der Waals surface area contributed by atoms with Crippen molar-refractivity contribution in [2.24, 2.45) is 5.92 Å². The Hall–Kier alpha value is -2.97. The van der Waals surface area contributed by atoms with Crippen LogP contribution in [0.1, 0.15) is 32.9 Å². The van der Waals surface area contributed by atoms with Gasteiger partial charge in [0.15, 0.2) is 0 Å². The number of likely N-dealkylation sites (tertiary alicyclic amines) is 1. The largest absolute Gasteiger partial charge is 0.444 e. The lowest BCUT2D eigenvalue weighted by Crippen LogP contribution is -2.54. The summed E-state index contributed by atoms with van der Waals surface area (Å²) in [5.41, 5.74) is 0.893. The van der Waals surface area contributed by atoms with E-state index in [2.05, 4.69) is 10.4 Å². The number of alkyl halides is 2. The van der Waals surface area contributed by atoms with E-state index in [1.807, 2.05) is 30.3 Å². The minimum atomic E-state index is -3.37. The number of rotatable bonds is 3. The normalized spacial score (nSPS) is 18.7. The Bertz CT molecular complexity index is 922. The Morgan fingerprint density at radius 2 is 1.90 bits per heavy atom. The average Bonchev–Trinajstić information content (AvgIpc) is 3.00. The highest BCUT2D eigenvalue weighted by molar-refractivity contribution is 5.93. The monoisotopic (exact) mass is 420 g/mol. The maximum Gasteiger partial charge on any atom is 0.410 e. The van der Waals surface area contributed by atoms with E-state index in [0.29, 0.717) is 11.4 Å². The quantitative estimate of drug-likeness (QED) is 0.814. The minimum absolute atomic E-state index is 0.0187. The number of nitrogens with zero attached hydrogens (tertiary/aromatic N) is 3. The summed E-state index contributed by atoms with van der Waals surface area (Å²) < 4.78 is 36.2. The van der Waals surface area contributed by atoms with E-state index in [0.717, 1.165) is 10.6 Å². The number of aromatic nitrogens is 2. The molecule has 2 aromatic rings. The molecular formula is C21H26F2N4O3. The molecule has 162 valence electrons. The Balaban J connectivity index is 1.68. The van der Waals surface area contributed by atoms with Crippen molar-refractivity contribution in [1.29, 1.82) is 0 Å². The zero-order chi connectivity index (χ0) is 22.1. The van der Waals surface area contributed by atoms with Crippen LogP contribution < -0.4 is 5.32 Å². The molecule has 1 atom stereocenters. The van der Waals surface area contributed by atoms with Crippen LogP contribution in [0.5, 0.6) is 0 Å². The molecule has 1 aromatic heterocycles. The van der Waals surface area contributed by atoms with E-state index in [1.54, 1.807) is 38.6 Å². The van der Waals surface area contributed by atoms with Crippen LogP contribution >= 0.6 is 0 Å². The first-order valence-corrected chi connectivity index (χ1v) is 9.74. The first kappa shape index (κ1) is 21.7. The molecule has 2 amide bonds. The fraction of sp³-hybridized carbons (Fsp3) is 0.476. The molecule has 7 nitrogen and oxygen atoms in total. The SMILES string of the molecule is Cc1nn(-c2ccccc2)cc1NC(=O)C1CCN(C(=O)OC(C)(C)C)CC1(F)F. The van der Waals surface area contributed by atoms with E-state index in [9.17, 15) is 18.4 Å². The highest BCUT2D eigenvalue weighted by atomic mass is 19.3. The number of amides is 2. The van der Waals surface area contributed by atoms with Crippen LogP contribution in [0.25, 0.3) is 5.69 Å². The zero-order valence-corrected chi connectivity index (χ0v) is 17.5. The van der Waals surface area contributed by atoms with E-state index in [1.165, 1.54) is 0 Å².